The molecule has 1 heterocycles. The topological polar surface area (TPSA) is 6.48 Å². The minimum absolute atomic E-state index is 0.813. The van der Waals surface area contributed by atoms with Gasteiger partial charge < -0.3 is 9.80 Å². The Balaban J connectivity index is 1.60. The van der Waals surface area contributed by atoms with Crippen molar-refractivity contribution in [1.29, 1.82) is 0 Å². The maximum atomic E-state index is 2.60. The maximum Gasteiger partial charge on any atom is 0.0899 e. The van der Waals surface area contributed by atoms with Gasteiger partial charge in [-0.1, -0.05) is 26.7 Å². The van der Waals surface area contributed by atoms with Gasteiger partial charge in [0.1, 0.15) is 0 Å². The smallest absolute Gasteiger partial charge is 0.0899 e. The van der Waals surface area contributed by atoms with Gasteiger partial charge in [0, 0.05) is 24.5 Å². The molecule has 3 aliphatic rings. The van der Waals surface area contributed by atoms with Crippen LogP contribution in [0.5, 0.6) is 0 Å². The van der Waals surface area contributed by atoms with Crippen LogP contribution in [0.15, 0.2) is 12.4 Å². The molecule has 0 radical (unpaired) electrons. The van der Waals surface area contributed by atoms with Crippen molar-refractivity contribution in [3.05, 3.63) is 12.4 Å². The summed E-state index contributed by atoms with van der Waals surface area (Å²) < 4.78 is 0. The molecule has 2 nitrogen and oxygen atoms in total. The van der Waals surface area contributed by atoms with Gasteiger partial charge >= 0.3 is 0 Å². The van der Waals surface area contributed by atoms with Crippen LogP contribution in [0.4, 0.5) is 0 Å². The van der Waals surface area contributed by atoms with Gasteiger partial charge in [0.15, 0.2) is 0 Å². The monoisotopic (exact) mass is 234 g/mol. The average Bonchev–Trinajstić information content (AvgIpc) is 2.97. The first-order valence-corrected chi connectivity index (χ1v) is 7.45. The van der Waals surface area contributed by atoms with Crippen molar-refractivity contribution in [2.75, 3.05) is 6.67 Å². The van der Waals surface area contributed by atoms with Crippen LogP contribution in [-0.4, -0.2) is 28.6 Å². The van der Waals surface area contributed by atoms with E-state index in [1.165, 1.54) is 38.5 Å². The molecule has 17 heavy (non-hydrogen) atoms. The molecule has 0 spiro atoms. The molecule has 0 N–H and O–H groups in total. The summed E-state index contributed by atoms with van der Waals surface area (Å²) in [5.74, 6) is 1.78. The predicted octanol–water partition coefficient (Wildman–Crippen LogP) is 3.41. The third-order valence-electron chi connectivity index (χ3n) is 5.26. The van der Waals surface area contributed by atoms with Gasteiger partial charge in [0.05, 0.1) is 6.67 Å². The molecule has 3 rings (SSSR count). The first-order valence-electron chi connectivity index (χ1n) is 7.45. The fourth-order valence-electron chi connectivity index (χ4n) is 4.12. The highest BCUT2D eigenvalue weighted by molar-refractivity contribution is 5.00. The summed E-state index contributed by atoms with van der Waals surface area (Å²) >= 11 is 0. The normalized spacial score (nSPS) is 41.8. The molecule has 2 saturated carbocycles. The van der Waals surface area contributed by atoms with Crippen LogP contribution in [0.25, 0.3) is 0 Å². The second-order valence-electron chi connectivity index (χ2n) is 6.42. The zero-order valence-electron chi connectivity index (χ0n) is 11.3. The second-order valence-corrected chi connectivity index (χ2v) is 6.42. The quantitative estimate of drug-likeness (QED) is 0.722. The molecule has 4 unspecified atom stereocenters. The lowest BCUT2D eigenvalue weighted by atomic mass is 10.1. The lowest BCUT2D eigenvalue weighted by molar-refractivity contribution is 0.144. The molecule has 2 heteroatoms. The first-order chi connectivity index (χ1) is 8.25. The largest absolute Gasteiger partial charge is 0.355 e. The van der Waals surface area contributed by atoms with Crippen molar-refractivity contribution in [2.45, 2.75) is 64.5 Å². The van der Waals surface area contributed by atoms with Crippen LogP contribution in [0.2, 0.25) is 0 Å². The number of rotatable bonds is 2. The van der Waals surface area contributed by atoms with E-state index in [2.05, 4.69) is 36.0 Å². The molecule has 2 aliphatic carbocycles. The van der Waals surface area contributed by atoms with E-state index < -0.39 is 0 Å². The molecule has 96 valence electrons. The fourth-order valence-corrected chi connectivity index (χ4v) is 4.12. The van der Waals surface area contributed by atoms with Gasteiger partial charge in [0.2, 0.25) is 0 Å². The van der Waals surface area contributed by atoms with Crippen LogP contribution < -0.4 is 0 Å². The van der Waals surface area contributed by atoms with Gasteiger partial charge in [-0.25, -0.2) is 0 Å². The molecule has 4 atom stereocenters. The molecule has 0 aromatic heterocycles. The Morgan fingerprint density at radius 2 is 1.24 bits per heavy atom. The summed E-state index contributed by atoms with van der Waals surface area (Å²) in [4.78, 5) is 5.20. The summed E-state index contributed by atoms with van der Waals surface area (Å²) in [5.41, 5.74) is 0. The summed E-state index contributed by atoms with van der Waals surface area (Å²) in [6, 6.07) is 1.63. The Morgan fingerprint density at radius 3 is 1.59 bits per heavy atom. The molecule has 0 aromatic carbocycles. The van der Waals surface area contributed by atoms with Crippen molar-refractivity contribution in [1.82, 2.24) is 9.80 Å². The SMILES string of the molecule is CC1CCCC1N1C=CN(C2CCCC2C)C1. The Kier molecular flexibility index (Phi) is 3.06. The van der Waals surface area contributed by atoms with Crippen molar-refractivity contribution >= 4 is 0 Å². The lowest BCUT2D eigenvalue weighted by Crippen LogP contribution is -2.40. The highest BCUT2D eigenvalue weighted by Gasteiger charge is 2.34. The molecule has 0 amide bonds. The van der Waals surface area contributed by atoms with E-state index in [0.717, 1.165) is 30.6 Å². The van der Waals surface area contributed by atoms with E-state index in [1.54, 1.807) is 0 Å². The van der Waals surface area contributed by atoms with E-state index in [0.29, 0.717) is 0 Å². The molecule has 1 aliphatic heterocycles. The zero-order chi connectivity index (χ0) is 11.8. The van der Waals surface area contributed by atoms with Gasteiger partial charge in [-0.05, 0) is 37.5 Å². The maximum absolute atomic E-state index is 2.60. The van der Waals surface area contributed by atoms with Crippen LogP contribution >= 0.6 is 0 Å². The van der Waals surface area contributed by atoms with Gasteiger partial charge in [0.25, 0.3) is 0 Å². The highest BCUT2D eigenvalue weighted by Crippen LogP contribution is 2.35. The molecule has 0 saturated heterocycles. The standard InChI is InChI=1S/C15H26N2/c1-12-5-3-7-14(12)16-9-10-17(11-16)15-8-4-6-13(15)2/h9-10,12-15H,3-8,11H2,1-2H3. The number of hydrogen-bond donors (Lipinski definition) is 0. The highest BCUT2D eigenvalue weighted by atomic mass is 15.4. The average molecular weight is 234 g/mol. The van der Waals surface area contributed by atoms with Crippen LogP contribution in [0.3, 0.4) is 0 Å². The Bertz CT molecular complexity index is 271. The van der Waals surface area contributed by atoms with Gasteiger partial charge in [-0.3, -0.25) is 0 Å². The Hall–Kier alpha value is -0.660. The van der Waals surface area contributed by atoms with Gasteiger partial charge in [-0.15, -0.1) is 0 Å². The Labute approximate surface area is 106 Å². The van der Waals surface area contributed by atoms with Crippen molar-refractivity contribution < 1.29 is 0 Å². The first kappa shape index (κ1) is 11.4. The van der Waals surface area contributed by atoms with E-state index in [4.69, 9.17) is 0 Å². The summed E-state index contributed by atoms with van der Waals surface area (Å²) in [6.45, 7) is 6.00. The zero-order valence-corrected chi connectivity index (χ0v) is 11.3. The van der Waals surface area contributed by atoms with Crippen molar-refractivity contribution in [2.24, 2.45) is 11.8 Å². The van der Waals surface area contributed by atoms with Gasteiger partial charge in [-0.2, -0.15) is 0 Å². The molecule has 2 fully saturated rings. The summed E-state index contributed by atoms with van der Waals surface area (Å²) in [7, 11) is 0. The lowest BCUT2D eigenvalue weighted by Gasteiger charge is -2.33. The van der Waals surface area contributed by atoms with Crippen molar-refractivity contribution in [3.63, 3.8) is 0 Å². The van der Waals surface area contributed by atoms with Crippen LogP contribution in [0.1, 0.15) is 52.4 Å². The Morgan fingerprint density at radius 1 is 0.765 bits per heavy atom. The molecule has 0 bridgehead atoms. The minimum atomic E-state index is 0.813. The predicted molar refractivity (Wildman–Crippen MR) is 71.3 cm³/mol. The minimum Gasteiger partial charge on any atom is -0.355 e. The third kappa shape index (κ3) is 2.07. The van der Waals surface area contributed by atoms with E-state index in [-0.39, 0.29) is 0 Å². The second kappa shape index (κ2) is 4.55. The number of hydrogen-bond acceptors (Lipinski definition) is 2. The van der Waals surface area contributed by atoms with Crippen LogP contribution in [0, 0.1) is 11.8 Å². The van der Waals surface area contributed by atoms with E-state index in [1.807, 2.05) is 0 Å². The van der Waals surface area contributed by atoms with Crippen molar-refractivity contribution in [3.8, 4) is 0 Å². The summed E-state index contributed by atoms with van der Waals surface area (Å²) in [6.07, 6.45) is 13.2. The van der Waals surface area contributed by atoms with E-state index in [9.17, 15) is 0 Å². The molecular weight excluding hydrogens is 208 g/mol. The van der Waals surface area contributed by atoms with E-state index >= 15 is 0 Å². The molecular formula is C15H26N2. The van der Waals surface area contributed by atoms with Crippen LogP contribution in [-0.2, 0) is 0 Å². The fraction of sp³-hybridized carbons (Fsp3) is 0.867. The third-order valence-corrected chi connectivity index (χ3v) is 5.26. The summed E-state index contributed by atoms with van der Waals surface area (Å²) in [5, 5.41) is 0. The molecule has 0 aromatic rings. The number of nitrogens with zero attached hydrogens (tertiary/aromatic N) is 2.